The van der Waals surface area contributed by atoms with Crippen molar-refractivity contribution in [3.05, 3.63) is 95.8 Å². The van der Waals surface area contributed by atoms with Gasteiger partial charge in [-0.25, -0.2) is 4.39 Å². The van der Waals surface area contributed by atoms with Gasteiger partial charge in [0.2, 0.25) is 0 Å². The maximum Gasteiger partial charge on any atom is 0.102 e. The van der Waals surface area contributed by atoms with Crippen LogP contribution in [0.3, 0.4) is 0 Å². The second kappa shape index (κ2) is 6.98. The van der Waals surface area contributed by atoms with Crippen LogP contribution in [0, 0.1) is 0 Å². The molecule has 0 bridgehead atoms. The minimum Gasteiger partial charge on any atom is -0.212 e. The molecule has 124 valence electrons. The summed E-state index contributed by atoms with van der Waals surface area (Å²) in [4.78, 5) is 0. The van der Waals surface area contributed by atoms with E-state index in [1.807, 2.05) is 18.2 Å². The molecular weight excluding hydrogens is 314 g/mol. The maximum atomic E-state index is 14.2. The SMILES string of the molecule is CCCC(c1ccccc1)(c1ccccc1)C1(S)C=CC=C([18F])C1. The summed E-state index contributed by atoms with van der Waals surface area (Å²) in [5.74, 6) is -0.111. The lowest BCUT2D eigenvalue weighted by Crippen LogP contribution is -2.48. The Balaban J connectivity index is 2.27. The molecule has 1 atom stereocenters. The van der Waals surface area contributed by atoms with Crippen molar-refractivity contribution in [3.8, 4) is 0 Å². The van der Waals surface area contributed by atoms with E-state index >= 15 is 0 Å². The number of benzene rings is 2. The Bertz CT molecular complexity index is 694. The third-order valence-corrected chi connectivity index (χ3v) is 5.67. The Morgan fingerprint density at radius 3 is 2.00 bits per heavy atom. The smallest absolute Gasteiger partial charge is 0.102 e. The van der Waals surface area contributed by atoms with E-state index in [2.05, 4.69) is 61.5 Å². The zero-order valence-corrected chi connectivity index (χ0v) is 14.8. The zero-order valence-electron chi connectivity index (χ0n) is 14.0. The number of hydrogen-bond acceptors (Lipinski definition) is 1. The van der Waals surface area contributed by atoms with Gasteiger partial charge in [-0.15, -0.1) is 0 Å². The lowest BCUT2D eigenvalue weighted by Gasteiger charge is -2.48. The van der Waals surface area contributed by atoms with Crippen molar-refractivity contribution in [3.63, 3.8) is 0 Å². The van der Waals surface area contributed by atoms with Crippen molar-refractivity contribution < 1.29 is 4.39 Å². The van der Waals surface area contributed by atoms with Crippen LogP contribution in [-0.4, -0.2) is 4.75 Å². The van der Waals surface area contributed by atoms with Gasteiger partial charge in [0.25, 0.3) is 0 Å². The number of allylic oxidation sites excluding steroid dienone is 3. The third-order valence-electron chi connectivity index (χ3n) is 4.98. The van der Waals surface area contributed by atoms with Crippen LogP contribution in [0.25, 0.3) is 0 Å². The van der Waals surface area contributed by atoms with E-state index in [4.69, 9.17) is 12.6 Å². The van der Waals surface area contributed by atoms with Crippen molar-refractivity contribution in [1.29, 1.82) is 0 Å². The summed E-state index contributed by atoms with van der Waals surface area (Å²) < 4.78 is 13.6. The fourth-order valence-corrected chi connectivity index (χ4v) is 4.58. The van der Waals surface area contributed by atoms with Crippen LogP contribution in [0.4, 0.5) is 4.39 Å². The summed E-state index contributed by atoms with van der Waals surface area (Å²) in [5.41, 5.74) is 2.00. The monoisotopic (exact) mass is 337 g/mol. The Labute approximate surface area is 149 Å². The van der Waals surface area contributed by atoms with E-state index in [-0.39, 0.29) is 11.2 Å². The average Bonchev–Trinajstić information content (AvgIpc) is 2.61. The molecule has 0 nitrogen and oxygen atoms in total. The van der Waals surface area contributed by atoms with E-state index in [1.54, 1.807) is 6.08 Å². The van der Waals surface area contributed by atoms with Crippen molar-refractivity contribution >= 4 is 12.6 Å². The summed E-state index contributed by atoms with van der Waals surface area (Å²) in [6.07, 6.45) is 7.61. The molecule has 0 aromatic heterocycles. The molecule has 0 radical (unpaired) electrons. The predicted molar refractivity (Wildman–Crippen MR) is 103 cm³/mol. The van der Waals surface area contributed by atoms with E-state index in [0.29, 0.717) is 6.42 Å². The van der Waals surface area contributed by atoms with Gasteiger partial charge < -0.3 is 0 Å². The van der Waals surface area contributed by atoms with Crippen LogP contribution in [0.15, 0.2) is 84.7 Å². The van der Waals surface area contributed by atoms with Crippen molar-refractivity contribution in [2.45, 2.75) is 36.3 Å². The molecule has 2 aromatic carbocycles. The standard InChI is InChI=1S/C22H23FS/c1-2-15-22(18-10-5-3-6-11-18,19-12-7-4-8-13-19)21(24)16-9-14-20(23)17-21/h3-14,16,24H,2,15,17H2,1H3/i23-1. The van der Waals surface area contributed by atoms with E-state index in [0.717, 1.165) is 12.8 Å². The van der Waals surface area contributed by atoms with Gasteiger partial charge in [0.15, 0.2) is 0 Å². The van der Waals surface area contributed by atoms with Gasteiger partial charge in [-0.05, 0) is 23.6 Å². The van der Waals surface area contributed by atoms with Crippen molar-refractivity contribution in [1.82, 2.24) is 0 Å². The largest absolute Gasteiger partial charge is 0.212 e. The molecule has 0 fully saturated rings. The molecule has 1 aliphatic rings. The Kier molecular flexibility index (Phi) is 4.96. The number of hydrogen-bond donors (Lipinski definition) is 1. The van der Waals surface area contributed by atoms with Gasteiger partial charge in [0.05, 0.1) is 4.75 Å². The molecule has 0 saturated carbocycles. The quantitative estimate of drug-likeness (QED) is 0.612. The lowest BCUT2D eigenvalue weighted by molar-refractivity contribution is 0.363. The van der Waals surface area contributed by atoms with Crippen LogP contribution >= 0.6 is 12.6 Å². The van der Waals surface area contributed by atoms with Gasteiger partial charge in [-0.1, -0.05) is 86.2 Å². The highest BCUT2D eigenvalue weighted by Gasteiger charge is 2.50. The molecule has 0 spiro atoms. The Morgan fingerprint density at radius 2 is 1.54 bits per heavy atom. The number of thiol groups is 1. The zero-order chi connectivity index (χ0) is 17.0. The molecule has 0 saturated heterocycles. The molecule has 1 aliphatic carbocycles. The summed E-state index contributed by atoms with van der Waals surface area (Å²) in [6, 6.07) is 20.8. The normalized spacial score (nSPS) is 20.7. The van der Waals surface area contributed by atoms with Gasteiger partial charge >= 0.3 is 0 Å². The number of halogens is 1. The third kappa shape index (κ3) is 2.84. The van der Waals surface area contributed by atoms with Gasteiger partial charge in [0.1, 0.15) is 5.83 Å². The summed E-state index contributed by atoms with van der Waals surface area (Å²) in [5, 5.41) is 0. The molecular formula is C22H23FS. The summed E-state index contributed by atoms with van der Waals surface area (Å²) >= 11 is 5.08. The van der Waals surface area contributed by atoms with Crippen LogP contribution in [0.1, 0.15) is 37.3 Å². The minimum absolute atomic E-state index is 0.111. The first-order chi connectivity index (χ1) is 11.6. The first-order valence-corrected chi connectivity index (χ1v) is 8.94. The highest BCUT2D eigenvalue weighted by molar-refractivity contribution is 7.82. The van der Waals surface area contributed by atoms with Gasteiger partial charge in [-0.2, -0.15) is 12.6 Å². The molecule has 3 rings (SSSR count). The van der Waals surface area contributed by atoms with E-state index < -0.39 is 4.75 Å². The molecule has 2 aromatic rings. The molecule has 1 unspecified atom stereocenters. The van der Waals surface area contributed by atoms with E-state index in [1.165, 1.54) is 11.1 Å². The molecule has 0 heterocycles. The van der Waals surface area contributed by atoms with Crippen LogP contribution in [0.2, 0.25) is 0 Å². The maximum absolute atomic E-state index is 14.2. The fraction of sp³-hybridized carbons (Fsp3) is 0.273. The van der Waals surface area contributed by atoms with E-state index in [9.17, 15) is 4.39 Å². The van der Waals surface area contributed by atoms with Crippen LogP contribution < -0.4 is 0 Å². The molecule has 0 aliphatic heterocycles. The minimum atomic E-state index is -0.607. The molecule has 0 N–H and O–H groups in total. The summed E-state index contributed by atoms with van der Waals surface area (Å²) in [7, 11) is 0. The lowest BCUT2D eigenvalue weighted by atomic mass is 9.61. The average molecular weight is 337 g/mol. The molecule has 24 heavy (non-hydrogen) atoms. The first kappa shape index (κ1) is 17.0. The van der Waals surface area contributed by atoms with Gasteiger partial charge in [0, 0.05) is 11.8 Å². The van der Waals surface area contributed by atoms with Gasteiger partial charge in [-0.3, -0.25) is 0 Å². The fourth-order valence-electron chi connectivity index (χ4n) is 3.97. The Morgan fingerprint density at radius 1 is 1.00 bits per heavy atom. The van der Waals surface area contributed by atoms with Crippen molar-refractivity contribution in [2.24, 2.45) is 0 Å². The molecule has 2 heteroatoms. The second-order valence-corrected chi connectivity index (χ2v) is 7.26. The Hall–Kier alpha value is -1.80. The van der Waals surface area contributed by atoms with Crippen molar-refractivity contribution in [2.75, 3.05) is 0 Å². The van der Waals surface area contributed by atoms with Crippen LogP contribution in [-0.2, 0) is 5.41 Å². The second-order valence-electron chi connectivity index (χ2n) is 6.46. The predicted octanol–water partition coefficient (Wildman–Crippen LogP) is 6.25. The van der Waals surface area contributed by atoms with Crippen LogP contribution in [0.5, 0.6) is 0 Å². The summed E-state index contributed by atoms with van der Waals surface area (Å²) in [6.45, 7) is 2.18. The molecule has 0 amide bonds. The number of rotatable bonds is 5. The highest BCUT2D eigenvalue weighted by atomic mass is 32.1. The first-order valence-electron chi connectivity index (χ1n) is 8.50. The topological polar surface area (TPSA) is 0 Å². The highest BCUT2D eigenvalue weighted by Crippen LogP contribution is 2.53.